The van der Waals surface area contributed by atoms with Crippen LogP contribution in [0.1, 0.15) is 0 Å². The summed E-state index contributed by atoms with van der Waals surface area (Å²) < 4.78 is 15.4. The van der Waals surface area contributed by atoms with Crippen molar-refractivity contribution in [3.63, 3.8) is 0 Å². The first-order chi connectivity index (χ1) is 14.5. The largest absolute Gasteiger partial charge is 0.333 e. The van der Waals surface area contributed by atoms with Gasteiger partial charge in [-0.3, -0.25) is 9.78 Å². The molecule has 5 nitrogen and oxygen atoms in total. The molecule has 0 aliphatic heterocycles. The number of halogens is 2. The van der Waals surface area contributed by atoms with Crippen LogP contribution >= 0.6 is 11.6 Å². The summed E-state index contributed by atoms with van der Waals surface area (Å²) in [5, 5.41) is 2.07. The van der Waals surface area contributed by atoms with Gasteiger partial charge in [0.25, 0.3) is 5.56 Å². The van der Waals surface area contributed by atoms with Gasteiger partial charge in [0.05, 0.1) is 27.8 Å². The van der Waals surface area contributed by atoms with Gasteiger partial charge in [0, 0.05) is 22.5 Å². The van der Waals surface area contributed by atoms with E-state index < -0.39 is 17.1 Å². The predicted molar refractivity (Wildman–Crippen MR) is 116 cm³/mol. The third-order valence-corrected chi connectivity index (χ3v) is 5.35. The smallest absolute Gasteiger partial charge is 0.306 e. The number of nitrogens with zero attached hydrogens (tertiary/aromatic N) is 2. The van der Waals surface area contributed by atoms with Crippen LogP contribution in [0.15, 0.2) is 82.6 Å². The zero-order valence-electron chi connectivity index (χ0n) is 15.4. The van der Waals surface area contributed by atoms with E-state index in [0.717, 1.165) is 15.3 Å². The standard InChI is InChI=1S/C23H13ClFN3O2/c24-17-6-3-7-18(25)21(17)13-8-9-16-19(10-13)27-23(30)28(22(16)29)20-12-26-11-14-4-1-2-5-15(14)20/h1-12H,(H,27,30). The van der Waals surface area contributed by atoms with Crippen molar-refractivity contribution in [3.8, 4) is 16.8 Å². The van der Waals surface area contributed by atoms with E-state index in [1.165, 1.54) is 18.3 Å². The Bertz CT molecular complexity index is 1550. The van der Waals surface area contributed by atoms with E-state index >= 15 is 0 Å². The molecule has 2 heterocycles. The molecule has 1 N–H and O–H groups in total. The molecule has 0 saturated heterocycles. The summed E-state index contributed by atoms with van der Waals surface area (Å²) >= 11 is 6.15. The van der Waals surface area contributed by atoms with Crippen molar-refractivity contribution in [1.82, 2.24) is 14.5 Å². The Morgan fingerprint density at radius 3 is 2.60 bits per heavy atom. The number of pyridine rings is 1. The fourth-order valence-electron chi connectivity index (χ4n) is 3.64. The van der Waals surface area contributed by atoms with Gasteiger partial charge in [-0.2, -0.15) is 0 Å². The van der Waals surface area contributed by atoms with Crippen molar-refractivity contribution in [1.29, 1.82) is 0 Å². The van der Waals surface area contributed by atoms with Crippen LogP contribution in [0, 0.1) is 5.82 Å². The number of nitrogens with one attached hydrogen (secondary N) is 1. The number of fused-ring (bicyclic) bond motifs is 2. The minimum atomic E-state index is -0.609. The van der Waals surface area contributed by atoms with Gasteiger partial charge in [-0.25, -0.2) is 13.8 Å². The SMILES string of the molecule is O=c1[nH]c2cc(-c3c(F)cccc3Cl)ccc2c(=O)n1-c1cncc2ccccc12. The zero-order chi connectivity index (χ0) is 20.8. The van der Waals surface area contributed by atoms with Gasteiger partial charge >= 0.3 is 5.69 Å². The Kier molecular flexibility index (Phi) is 4.22. The Labute approximate surface area is 174 Å². The van der Waals surface area contributed by atoms with Crippen LogP contribution in [0.5, 0.6) is 0 Å². The van der Waals surface area contributed by atoms with Crippen LogP contribution in [-0.4, -0.2) is 14.5 Å². The second kappa shape index (κ2) is 6.93. The van der Waals surface area contributed by atoms with Crippen LogP contribution in [-0.2, 0) is 0 Å². The van der Waals surface area contributed by atoms with Crippen LogP contribution in [0.2, 0.25) is 5.02 Å². The lowest BCUT2D eigenvalue weighted by Gasteiger charge is -2.11. The van der Waals surface area contributed by atoms with Gasteiger partial charge in [0.15, 0.2) is 0 Å². The molecule has 0 bridgehead atoms. The Morgan fingerprint density at radius 2 is 1.77 bits per heavy atom. The molecule has 0 aliphatic carbocycles. The van der Waals surface area contributed by atoms with Gasteiger partial charge in [-0.15, -0.1) is 0 Å². The van der Waals surface area contributed by atoms with Gasteiger partial charge < -0.3 is 4.98 Å². The molecule has 0 radical (unpaired) electrons. The molecule has 0 spiro atoms. The second-order valence-electron chi connectivity index (χ2n) is 6.81. The summed E-state index contributed by atoms with van der Waals surface area (Å²) in [7, 11) is 0. The molecular weight excluding hydrogens is 405 g/mol. The highest BCUT2D eigenvalue weighted by Gasteiger charge is 2.15. The minimum absolute atomic E-state index is 0.212. The van der Waals surface area contributed by atoms with E-state index in [9.17, 15) is 14.0 Å². The maximum atomic E-state index is 14.3. The lowest BCUT2D eigenvalue weighted by molar-refractivity contribution is 0.631. The number of hydrogen-bond acceptors (Lipinski definition) is 3. The second-order valence-corrected chi connectivity index (χ2v) is 7.21. The van der Waals surface area contributed by atoms with Gasteiger partial charge in [-0.1, -0.05) is 48.0 Å². The molecule has 5 rings (SSSR count). The number of benzene rings is 3. The minimum Gasteiger partial charge on any atom is -0.306 e. The number of H-pyrrole nitrogens is 1. The van der Waals surface area contributed by atoms with E-state index in [1.807, 2.05) is 24.3 Å². The number of hydrogen-bond donors (Lipinski definition) is 1. The summed E-state index contributed by atoms with van der Waals surface area (Å²) in [4.78, 5) is 32.9. The molecule has 2 aromatic heterocycles. The van der Waals surface area contributed by atoms with Crippen LogP contribution in [0.3, 0.4) is 0 Å². The molecule has 0 fully saturated rings. The number of aromatic amines is 1. The van der Waals surface area contributed by atoms with Gasteiger partial charge in [0.2, 0.25) is 0 Å². The van der Waals surface area contributed by atoms with Crippen molar-refractivity contribution in [3.05, 3.63) is 105 Å². The maximum Gasteiger partial charge on any atom is 0.333 e. The summed E-state index contributed by atoms with van der Waals surface area (Å²) in [6, 6.07) is 16.5. The van der Waals surface area contributed by atoms with Gasteiger partial charge in [-0.05, 0) is 29.8 Å². The van der Waals surface area contributed by atoms with E-state index in [1.54, 1.807) is 30.5 Å². The quantitative estimate of drug-likeness (QED) is 0.453. The van der Waals surface area contributed by atoms with E-state index in [0.29, 0.717) is 22.2 Å². The van der Waals surface area contributed by atoms with Crippen LogP contribution < -0.4 is 11.2 Å². The normalized spacial score (nSPS) is 11.3. The van der Waals surface area contributed by atoms with Crippen molar-refractivity contribution in [2.45, 2.75) is 0 Å². The molecule has 0 amide bonds. The number of aromatic nitrogens is 3. The van der Waals surface area contributed by atoms with Crippen molar-refractivity contribution < 1.29 is 4.39 Å². The van der Waals surface area contributed by atoms with E-state index in [-0.39, 0.29) is 10.6 Å². The molecule has 5 aromatic rings. The van der Waals surface area contributed by atoms with Crippen molar-refractivity contribution in [2.24, 2.45) is 0 Å². The lowest BCUT2D eigenvalue weighted by atomic mass is 10.0. The van der Waals surface area contributed by atoms with Crippen LogP contribution in [0.25, 0.3) is 38.5 Å². The highest BCUT2D eigenvalue weighted by Crippen LogP contribution is 2.31. The Morgan fingerprint density at radius 1 is 0.933 bits per heavy atom. The molecule has 3 aromatic carbocycles. The molecule has 30 heavy (non-hydrogen) atoms. The third-order valence-electron chi connectivity index (χ3n) is 5.04. The monoisotopic (exact) mass is 417 g/mol. The first kappa shape index (κ1) is 18.3. The van der Waals surface area contributed by atoms with Gasteiger partial charge in [0.1, 0.15) is 5.82 Å². The highest BCUT2D eigenvalue weighted by atomic mass is 35.5. The molecular formula is C23H13ClFN3O2. The summed E-state index contributed by atoms with van der Waals surface area (Å²) in [6.07, 6.45) is 3.15. The summed E-state index contributed by atoms with van der Waals surface area (Å²) in [5.41, 5.74) is 0.267. The molecule has 0 saturated carbocycles. The summed E-state index contributed by atoms with van der Waals surface area (Å²) in [6.45, 7) is 0. The fourth-order valence-corrected chi connectivity index (χ4v) is 3.92. The summed E-state index contributed by atoms with van der Waals surface area (Å²) in [5.74, 6) is -0.487. The molecule has 0 unspecified atom stereocenters. The van der Waals surface area contributed by atoms with E-state index in [2.05, 4.69) is 9.97 Å². The fraction of sp³-hybridized carbons (Fsp3) is 0. The number of rotatable bonds is 2. The Hall–Kier alpha value is -3.77. The molecule has 146 valence electrons. The third kappa shape index (κ3) is 2.81. The maximum absolute atomic E-state index is 14.3. The molecule has 0 atom stereocenters. The first-order valence-electron chi connectivity index (χ1n) is 9.11. The zero-order valence-corrected chi connectivity index (χ0v) is 16.2. The van der Waals surface area contributed by atoms with Crippen molar-refractivity contribution >= 4 is 33.3 Å². The topological polar surface area (TPSA) is 67.8 Å². The van der Waals surface area contributed by atoms with Crippen LogP contribution in [0.4, 0.5) is 4.39 Å². The van der Waals surface area contributed by atoms with Crippen molar-refractivity contribution in [2.75, 3.05) is 0 Å². The molecule has 7 heteroatoms. The first-order valence-corrected chi connectivity index (χ1v) is 9.49. The highest BCUT2D eigenvalue weighted by molar-refractivity contribution is 6.33. The predicted octanol–water partition coefficient (Wildman–Crippen LogP) is 4.69. The van der Waals surface area contributed by atoms with E-state index in [4.69, 9.17) is 11.6 Å². The molecule has 0 aliphatic rings. The average Bonchev–Trinajstić information content (AvgIpc) is 2.73. The lowest BCUT2D eigenvalue weighted by Crippen LogP contribution is -2.33. The Balaban J connectivity index is 1.78. The average molecular weight is 418 g/mol.